The molecule has 0 fully saturated rings. The molecule has 4 heteroatoms. The van der Waals surface area contributed by atoms with Crippen LogP contribution in [0.5, 0.6) is 0 Å². The fourth-order valence-electron chi connectivity index (χ4n) is 2.40. The van der Waals surface area contributed by atoms with Crippen LogP contribution in [-0.2, 0) is 0 Å². The lowest BCUT2D eigenvalue weighted by molar-refractivity contribution is 0.610. The number of hydrogen-bond donors (Lipinski definition) is 1. The molecule has 1 unspecified atom stereocenters. The summed E-state index contributed by atoms with van der Waals surface area (Å²) in [6.07, 6.45) is 3.01. The Kier molecular flexibility index (Phi) is 3.39. The minimum atomic E-state index is -0.330. The molecule has 0 aliphatic heterocycles. The summed E-state index contributed by atoms with van der Waals surface area (Å²) in [4.78, 5) is 8.53. The molecule has 0 saturated carbocycles. The SMILES string of the molecule is CNC(c1ccc(F)cn1)c1cccc2ncccc12. The first kappa shape index (κ1) is 12.7. The fourth-order valence-corrected chi connectivity index (χ4v) is 2.40. The van der Waals surface area contributed by atoms with E-state index < -0.39 is 0 Å². The third-order valence-electron chi connectivity index (χ3n) is 3.33. The van der Waals surface area contributed by atoms with Gasteiger partial charge >= 0.3 is 0 Å². The number of hydrogen-bond acceptors (Lipinski definition) is 3. The van der Waals surface area contributed by atoms with E-state index in [9.17, 15) is 4.39 Å². The predicted molar refractivity (Wildman–Crippen MR) is 76.8 cm³/mol. The van der Waals surface area contributed by atoms with Crippen molar-refractivity contribution in [2.24, 2.45) is 0 Å². The van der Waals surface area contributed by atoms with Crippen molar-refractivity contribution in [3.8, 4) is 0 Å². The highest BCUT2D eigenvalue weighted by Crippen LogP contribution is 2.26. The van der Waals surface area contributed by atoms with Crippen LogP contribution < -0.4 is 5.32 Å². The van der Waals surface area contributed by atoms with E-state index in [4.69, 9.17) is 0 Å². The van der Waals surface area contributed by atoms with Crippen molar-refractivity contribution in [1.29, 1.82) is 0 Å². The average Bonchev–Trinajstić information content (AvgIpc) is 2.50. The first-order valence-corrected chi connectivity index (χ1v) is 6.42. The van der Waals surface area contributed by atoms with Crippen LogP contribution in [0.2, 0.25) is 0 Å². The molecule has 20 heavy (non-hydrogen) atoms. The van der Waals surface area contributed by atoms with Crippen molar-refractivity contribution >= 4 is 10.9 Å². The second kappa shape index (κ2) is 5.35. The first-order valence-electron chi connectivity index (χ1n) is 6.42. The van der Waals surface area contributed by atoms with Gasteiger partial charge in [-0.05, 0) is 36.9 Å². The van der Waals surface area contributed by atoms with Gasteiger partial charge in [0.05, 0.1) is 23.4 Å². The topological polar surface area (TPSA) is 37.8 Å². The molecule has 0 saturated heterocycles. The van der Waals surface area contributed by atoms with Crippen LogP contribution in [0.4, 0.5) is 4.39 Å². The van der Waals surface area contributed by atoms with E-state index in [-0.39, 0.29) is 11.9 Å². The van der Waals surface area contributed by atoms with Gasteiger partial charge in [-0.3, -0.25) is 9.97 Å². The van der Waals surface area contributed by atoms with Gasteiger partial charge in [-0.25, -0.2) is 4.39 Å². The Morgan fingerprint density at radius 1 is 1.05 bits per heavy atom. The molecule has 3 aromatic rings. The van der Waals surface area contributed by atoms with Crippen molar-refractivity contribution in [2.75, 3.05) is 7.05 Å². The molecule has 0 bridgehead atoms. The number of rotatable bonds is 3. The molecule has 0 aliphatic rings. The van der Waals surface area contributed by atoms with Gasteiger partial charge in [-0.2, -0.15) is 0 Å². The number of nitrogens with zero attached hydrogens (tertiary/aromatic N) is 2. The summed E-state index contributed by atoms with van der Waals surface area (Å²) < 4.78 is 13.0. The number of halogens is 1. The van der Waals surface area contributed by atoms with Crippen molar-refractivity contribution in [2.45, 2.75) is 6.04 Å². The first-order chi connectivity index (χ1) is 9.79. The maximum Gasteiger partial charge on any atom is 0.141 e. The Morgan fingerprint density at radius 2 is 1.95 bits per heavy atom. The molecule has 0 spiro atoms. The summed E-state index contributed by atoms with van der Waals surface area (Å²) in [7, 11) is 1.87. The third-order valence-corrected chi connectivity index (χ3v) is 3.33. The van der Waals surface area contributed by atoms with Crippen LogP contribution in [0.15, 0.2) is 54.9 Å². The highest BCUT2D eigenvalue weighted by atomic mass is 19.1. The monoisotopic (exact) mass is 267 g/mol. The van der Waals surface area contributed by atoms with E-state index in [0.29, 0.717) is 0 Å². The molecule has 3 nitrogen and oxygen atoms in total. The van der Waals surface area contributed by atoms with Gasteiger partial charge in [0.25, 0.3) is 0 Å². The molecule has 1 aromatic carbocycles. The van der Waals surface area contributed by atoms with Crippen LogP contribution in [0.25, 0.3) is 10.9 Å². The highest BCUT2D eigenvalue weighted by molar-refractivity contribution is 5.82. The summed E-state index contributed by atoms with van der Waals surface area (Å²) in [6.45, 7) is 0. The molecule has 1 N–H and O–H groups in total. The van der Waals surface area contributed by atoms with Crippen molar-refractivity contribution in [1.82, 2.24) is 15.3 Å². The molecular formula is C16H14FN3. The van der Waals surface area contributed by atoms with E-state index in [2.05, 4.69) is 15.3 Å². The summed E-state index contributed by atoms with van der Waals surface area (Å²) >= 11 is 0. The molecule has 1 atom stereocenters. The number of aromatic nitrogens is 2. The molecule has 0 radical (unpaired) electrons. The quantitative estimate of drug-likeness (QED) is 0.792. The zero-order valence-corrected chi connectivity index (χ0v) is 11.0. The summed E-state index contributed by atoms with van der Waals surface area (Å²) in [5.41, 5.74) is 2.80. The van der Waals surface area contributed by atoms with E-state index in [1.807, 2.05) is 37.4 Å². The Labute approximate surface area is 116 Å². The predicted octanol–water partition coefficient (Wildman–Crippen LogP) is 3.08. The van der Waals surface area contributed by atoms with Gasteiger partial charge in [0.2, 0.25) is 0 Å². The van der Waals surface area contributed by atoms with E-state index in [1.54, 1.807) is 12.3 Å². The summed E-state index contributed by atoms with van der Waals surface area (Å²) in [5.74, 6) is -0.330. The van der Waals surface area contributed by atoms with Gasteiger partial charge in [-0.15, -0.1) is 0 Å². The standard InChI is InChI=1S/C16H14FN3/c1-18-16(15-8-7-11(17)10-20-15)13-4-2-6-14-12(13)5-3-9-19-14/h2-10,16,18H,1H3. The smallest absolute Gasteiger partial charge is 0.141 e. The van der Waals surface area contributed by atoms with Crippen molar-refractivity contribution in [3.63, 3.8) is 0 Å². The summed E-state index contributed by atoms with van der Waals surface area (Å²) in [6, 6.07) is 13.0. The zero-order chi connectivity index (χ0) is 13.9. The number of fused-ring (bicyclic) bond motifs is 1. The molecule has 100 valence electrons. The van der Waals surface area contributed by atoms with Crippen LogP contribution in [0.3, 0.4) is 0 Å². The number of pyridine rings is 2. The van der Waals surface area contributed by atoms with Gasteiger partial charge in [0.1, 0.15) is 5.82 Å². The second-order valence-corrected chi connectivity index (χ2v) is 4.54. The molecule has 3 rings (SSSR count). The maximum absolute atomic E-state index is 13.0. The number of nitrogens with one attached hydrogen (secondary N) is 1. The maximum atomic E-state index is 13.0. The van der Waals surface area contributed by atoms with E-state index >= 15 is 0 Å². The van der Waals surface area contributed by atoms with Crippen LogP contribution >= 0.6 is 0 Å². The molecule has 2 heterocycles. The van der Waals surface area contributed by atoms with Crippen LogP contribution in [-0.4, -0.2) is 17.0 Å². The zero-order valence-electron chi connectivity index (χ0n) is 11.0. The normalized spacial score (nSPS) is 12.5. The van der Waals surface area contributed by atoms with Gasteiger partial charge in [0, 0.05) is 11.6 Å². The van der Waals surface area contributed by atoms with E-state index in [1.165, 1.54) is 12.3 Å². The molecule has 0 amide bonds. The Hall–Kier alpha value is -2.33. The lowest BCUT2D eigenvalue weighted by atomic mass is 9.98. The van der Waals surface area contributed by atoms with Crippen molar-refractivity contribution in [3.05, 3.63) is 71.9 Å². The number of benzene rings is 1. The highest BCUT2D eigenvalue weighted by Gasteiger charge is 2.16. The van der Waals surface area contributed by atoms with Crippen molar-refractivity contribution < 1.29 is 4.39 Å². The Balaban J connectivity index is 2.14. The molecular weight excluding hydrogens is 253 g/mol. The average molecular weight is 267 g/mol. The minimum Gasteiger partial charge on any atom is -0.308 e. The van der Waals surface area contributed by atoms with Gasteiger partial charge in [-0.1, -0.05) is 18.2 Å². The lowest BCUT2D eigenvalue weighted by Gasteiger charge is -2.18. The largest absolute Gasteiger partial charge is 0.308 e. The van der Waals surface area contributed by atoms with Crippen LogP contribution in [0.1, 0.15) is 17.3 Å². The second-order valence-electron chi connectivity index (χ2n) is 4.54. The van der Waals surface area contributed by atoms with E-state index in [0.717, 1.165) is 22.2 Å². The van der Waals surface area contributed by atoms with Crippen LogP contribution in [0, 0.1) is 5.82 Å². The summed E-state index contributed by atoms with van der Waals surface area (Å²) in [5, 5.41) is 4.30. The van der Waals surface area contributed by atoms with Gasteiger partial charge in [0.15, 0.2) is 0 Å². The Bertz CT molecular complexity index is 720. The Morgan fingerprint density at radius 3 is 2.70 bits per heavy atom. The lowest BCUT2D eigenvalue weighted by Crippen LogP contribution is -2.19. The third kappa shape index (κ3) is 2.26. The van der Waals surface area contributed by atoms with Gasteiger partial charge < -0.3 is 5.32 Å². The minimum absolute atomic E-state index is 0.0940. The molecule has 2 aromatic heterocycles. The fraction of sp³-hybridized carbons (Fsp3) is 0.125. The molecule has 0 aliphatic carbocycles.